The number of aromatic nitrogens is 2. The molecule has 1 fully saturated rings. The van der Waals surface area contributed by atoms with Crippen LogP contribution in [0.1, 0.15) is 43.4 Å². The number of carbonyl (C=O) groups is 1. The van der Waals surface area contributed by atoms with E-state index in [4.69, 9.17) is 10.5 Å². The van der Waals surface area contributed by atoms with Gasteiger partial charge in [0.05, 0.1) is 30.1 Å². The topological polar surface area (TPSA) is 73.4 Å². The summed E-state index contributed by atoms with van der Waals surface area (Å²) in [4.78, 5) is 14.7. The van der Waals surface area contributed by atoms with E-state index in [1.54, 1.807) is 11.7 Å². The minimum Gasteiger partial charge on any atom is -0.395 e. The summed E-state index contributed by atoms with van der Waals surface area (Å²) in [5.74, 6) is -0.0424. The molecule has 1 amide bonds. The fourth-order valence-corrected chi connectivity index (χ4v) is 2.68. The van der Waals surface area contributed by atoms with Gasteiger partial charge in [0, 0.05) is 13.6 Å². The van der Waals surface area contributed by atoms with Crippen LogP contribution in [0.5, 0.6) is 0 Å². The maximum absolute atomic E-state index is 12.8. The van der Waals surface area contributed by atoms with Crippen LogP contribution in [0.4, 0.5) is 5.69 Å². The number of amides is 1. The minimum atomic E-state index is -0.0424. The first kappa shape index (κ1) is 14.8. The number of carbonyl (C=O) groups excluding carboxylic acids is 1. The Bertz CT molecular complexity index is 498. The Labute approximate surface area is 119 Å². The van der Waals surface area contributed by atoms with Crippen molar-refractivity contribution in [2.75, 3.05) is 18.9 Å². The van der Waals surface area contributed by atoms with E-state index < -0.39 is 0 Å². The highest BCUT2D eigenvalue weighted by molar-refractivity contribution is 5.98. The summed E-state index contributed by atoms with van der Waals surface area (Å²) in [7, 11) is 1.77. The molecule has 2 unspecified atom stereocenters. The zero-order valence-electron chi connectivity index (χ0n) is 12.7. The monoisotopic (exact) mass is 280 g/mol. The Morgan fingerprint density at radius 2 is 2.20 bits per heavy atom. The van der Waals surface area contributed by atoms with Gasteiger partial charge in [-0.15, -0.1) is 0 Å². The van der Waals surface area contributed by atoms with E-state index in [0.29, 0.717) is 24.5 Å². The molecule has 2 rings (SSSR count). The number of nitrogen functional groups attached to an aromatic ring is 1. The van der Waals surface area contributed by atoms with E-state index in [1.807, 2.05) is 18.7 Å². The molecule has 6 heteroatoms. The highest BCUT2D eigenvalue weighted by atomic mass is 16.5. The maximum Gasteiger partial charge on any atom is 0.274 e. The van der Waals surface area contributed by atoms with E-state index in [9.17, 15) is 4.79 Å². The zero-order chi connectivity index (χ0) is 14.9. The lowest BCUT2D eigenvalue weighted by atomic mass is 10.1. The second-order valence-corrected chi connectivity index (χ2v) is 5.35. The van der Waals surface area contributed by atoms with Crippen molar-refractivity contribution in [1.82, 2.24) is 14.7 Å². The van der Waals surface area contributed by atoms with E-state index >= 15 is 0 Å². The van der Waals surface area contributed by atoms with Gasteiger partial charge in [0.15, 0.2) is 0 Å². The van der Waals surface area contributed by atoms with Crippen LogP contribution >= 0.6 is 0 Å². The van der Waals surface area contributed by atoms with Crippen LogP contribution in [-0.4, -0.2) is 45.9 Å². The molecule has 2 atom stereocenters. The number of ether oxygens (including phenoxy) is 1. The molecule has 2 heterocycles. The van der Waals surface area contributed by atoms with Crippen LogP contribution in [0.15, 0.2) is 0 Å². The lowest BCUT2D eigenvalue weighted by molar-refractivity contribution is -0.0447. The molecule has 0 radical (unpaired) electrons. The van der Waals surface area contributed by atoms with Gasteiger partial charge in [-0.25, -0.2) is 0 Å². The van der Waals surface area contributed by atoms with Gasteiger partial charge < -0.3 is 15.4 Å². The van der Waals surface area contributed by atoms with Gasteiger partial charge in [0.2, 0.25) is 0 Å². The third-order valence-electron chi connectivity index (χ3n) is 3.90. The van der Waals surface area contributed by atoms with Crippen molar-refractivity contribution >= 4 is 11.6 Å². The average Bonchev–Trinajstić information content (AvgIpc) is 2.72. The van der Waals surface area contributed by atoms with Crippen LogP contribution in [-0.2, 0) is 18.2 Å². The second kappa shape index (κ2) is 5.83. The van der Waals surface area contributed by atoms with Crippen LogP contribution < -0.4 is 5.73 Å². The Morgan fingerprint density at radius 1 is 1.50 bits per heavy atom. The SMILES string of the molecule is CCc1nn(C)c(C(=O)N2CC(C)OCC2CC)c1N. The predicted octanol–water partition coefficient (Wildman–Crippen LogP) is 1.20. The number of hydrogen-bond donors (Lipinski definition) is 1. The molecule has 0 spiro atoms. The summed E-state index contributed by atoms with van der Waals surface area (Å²) in [5, 5.41) is 4.33. The Kier molecular flexibility index (Phi) is 4.32. The summed E-state index contributed by atoms with van der Waals surface area (Å²) in [6.07, 6.45) is 1.66. The average molecular weight is 280 g/mol. The molecule has 0 bridgehead atoms. The van der Waals surface area contributed by atoms with Gasteiger partial charge in [0.1, 0.15) is 5.69 Å². The smallest absolute Gasteiger partial charge is 0.274 e. The third kappa shape index (κ3) is 2.52. The van der Waals surface area contributed by atoms with Crippen molar-refractivity contribution in [3.63, 3.8) is 0 Å². The van der Waals surface area contributed by atoms with Gasteiger partial charge in [-0.05, 0) is 19.8 Å². The number of morpholine rings is 1. The molecule has 0 aromatic carbocycles. The summed E-state index contributed by atoms with van der Waals surface area (Å²) in [6, 6.07) is 0.109. The van der Waals surface area contributed by atoms with Crippen LogP contribution in [0.3, 0.4) is 0 Å². The number of nitrogens with zero attached hydrogens (tertiary/aromatic N) is 3. The van der Waals surface area contributed by atoms with Crippen molar-refractivity contribution in [1.29, 1.82) is 0 Å². The van der Waals surface area contributed by atoms with E-state index in [0.717, 1.165) is 18.5 Å². The first-order valence-corrected chi connectivity index (χ1v) is 7.23. The summed E-state index contributed by atoms with van der Waals surface area (Å²) in [5.41, 5.74) is 7.87. The zero-order valence-corrected chi connectivity index (χ0v) is 12.7. The summed E-state index contributed by atoms with van der Waals surface area (Å²) in [6.45, 7) is 7.22. The molecule has 1 saturated heterocycles. The van der Waals surface area contributed by atoms with Gasteiger partial charge >= 0.3 is 0 Å². The summed E-state index contributed by atoms with van der Waals surface area (Å²) < 4.78 is 7.24. The first-order valence-electron chi connectivity index (χ1n) is 7.23. The van der Waals surface area contributed by atoms with Crippen molar-refractivity contribution in [2.45, 2.75) is 45.8 Å². The Balaban J connectivity index is 2.32. The Hall–Kier alpha value is -1.56. The van der Waals surface area contributed by atoms with Gasteiger partial charge in [-0.1, -0.05) is 13.8 Å². The second-order valence-electron chi connectivity index (χ2n) is 5.35. The molecular weight excluding hydrogens is 256 g/mol. The molecule has 1 aliphatic rings. The van der Waals surface area contributed by atoms with Crippen LogP contribution in [0.2, 0.25) is 0 Å². The molecule has 6 nitrogen and oxygen atoms in total. The van der Waals surface area contributed by atoms with Crippen molar-refractivity contribution in [3.8, 4) is 0 Å². The number of hydrogen-bond acceptors (Lipinski definition) is 4. The number of rotatable bonds is 3. The molecule has 1 aromatic rings. The van der Waals surface area contributed by atoms with Gasteiger partial charge in [-0.3, -0.25) is 9.48 Å². The van der Waals surface area contributed by atoms with Crippen LogP contribution in [0.25, 0.3) is 0 Å². The molecule has 2 N–H and O–H groups in total. The van der Waals surface area contributed by atoms with Crippen molar-refractivity contribution in [3.05, 3.63) is 11.4 Å². The first-order chi connectivity index (χ1) is 9.49. The quantitative estimate of drug-likeness (QED) is 0.903. The lowest BCUT2D eigenvalue weighted by Gasteiger charge is -2.38. The molecule has 0 saturated carbocycles. The third-order valence-corrected chi connectivity index (χ3v) is 3.90. The predicted molar refractivity (Wildman–Crippen MR) is 77.5 cm³/mol. The highest BCUT2D eigenvalue weighted by Gasteiger charge is 2.33. The van der Waals surface area contributed by atoms with E-state index in [2.05, 4.69) is 12.0 Å². The fourth-order valence-electron chi connectivity index (χ4n) is 2.68. The standard InChI is InChI=1S/C14H24N4O2/c1-5-10-8-20-9(3)7-18(10)14(19)13-12(15)11(6-2)16-17(13)4/h9-10H,5-8,15H2,1-4H3. The molecule has 20 heavy (non-hydrogen) atoms. The molecule has 0 aliphatic carbocycles. The van der Waals surface area contributed by atoms with Crippen molar-refractivity contribution < 1.29 is 9.53 Å². The number of nitrogens with two attached hydrogens (primary N) is 1. The Morgan fingerprint density at radius 3 is 2.75 bits per heavy atom. The molecular formula is C14H24N4O2. The van der Waals surface area contributed by atoms with Gasteiger partial charge in [0.25, 0.3) is 5.91 Å². The largest absolute Gasteiger partial charge is 0.395 e. The maximum atomic E-state index is 12.8. The molecule has 1 aliphatic heterocycles. The summed E-state index contributed by atoms with van der Waals surface area (Å²) >= 11 is 0. The van der Waals surface area contributed by atoms with E-state index in [1.165, 1.54) is 0 Å². The number of anilines is 1. The van der Waals surface area contributed by atoms with E-state index in [-0.39, 0.29) is 18.1 Å². The number of aryl methyl sites for hydroxylation is 2. The van der Waals surface area contributed by atoms with Crippen LogP contribution in [0, 0.1) is 0 Å². The van der Waals surface area contributed by atoms with Crippen molar-refractivity contribution in [2.24, 2.45) is 7.05 Å². The highest BCUT2D eigenvalue weighted by Crippen LogP contribution is 2.23. The molecule has 112 valence electrons. The van der Waals surface area contributed by atoms with Gasteiger partial charge in [-0.2, -0.15) is 5.10 Å². The normalized spacial score (nSPS) is 23.1. The molecule has 1 aromatic heterocycles. The minimum absolute atomic E-state index is 0.0424. The lowest BCUT2D eigenvalue weighted by Crippen LogP contribution is -2.51. The fraction of sp³-hybridized carbons (Fsp3) is 0.714.